The summed E-state index contributed by atoms with van der Waals surface area (Å²) in [4.78, 5) is 0. The van der Waals surface area contributed by atoms with Gasteiger partial charge in [0.2, 0.25) is 0 Å². The van der Waals surface area contributed by atoms with E-state index in [1.54, 1.807) is 0 Å². The van der Waals surface area contributed by atoms with Gasteiger partial charge in [-0.1, -0.05) is 30.2 Å². The summed E-state index contributed by atoms with van der Waals surface area (Å²) in [5.74, 6) is 0.913. The molecule has 2 aromatic rings. The van der Waals surface area contributed by atoms with Crippen molar-refractivity contribution >= 4 is 5.69 Å². The molecule has 0 unspecified atom stereocenters. The van der Waals surface area contributed by atoms with Crippen molar-refractivity contribution in [2.24, 2.45) is 0 Å². The average molecular weight is 295 g/mol. The first-order valence-electron chi connectivity index (χ1n) is 8.21. The van der Waals surface area contributed by atoms with E-state index >= 15 is 0 Å². The van der Waals surface area contributed by atoms with E-state index in [-0.39, 0.29) is 5.60 Å². The summed E-state index contributed by atoms with van der Waals surface area (Å²) < 4.78 is 6.55. The third kappa shape index (κ3) is 2.96. The van der Waals surface area contributed by atoms with E-state index in [0.717, 1.165) is 24.3 Å². The Hall–Kier alpha value is -1.96. The predicted molar refractivity (Wildman–Crippen MR) is 92.2 cm³/mol. The fourth-order valence-corrected chi connectivity index (χ4v) is 3.64. The minimum absolute atomic E-state index is 0.188. The normalized spacial score (nSPS) is 17.2. The molecule has 1 saturated carbocycles. The third-order valence-electron chi connectivity index (χ3n) is 4.73. The van der Waals surface area contributed by atoms with Crippen molar-refractivity contribution in [3.63, 3.8) is 0 Å². The van der Waals surface area contributed by atoms with Gasteiger partial charge < -0.3 is 10.5 Å². The quantitative estimate of drug-likeness (QED) is 0.797. The van der Waals surface area contributed by atoms with Crippen LogP contribution in [0.4, 0.5) is 5.69 Å². The molecule has 0 heterocycles. The first-order valence-corrected chi connectivity index (χ1v) is 8.21. The molecule has 0 spiro atoms. The number of benzene rings is 2. The van der Waals surface area contributed by atoms with Gasteiger partial charge >= 0.3 is 0 Å². The van der Waals surface area contributed by atoms with E-state index in [4.69, 9.17) is 10.5 Å². The van der Waals surface area contributed by atoms with Gasteiger partial charge in [0.05, 0.1) is 0 Å². The van der Waals surface area contributed by atoms with Gasteiger partial charge in [0.1, 0.15) is 11.4 Å². The van der Waals surface area contributed by atoms with Crippen molar-refractivity contribution in [2.45, 2.75) is 51.6 Å². The number of anilines is 1. The van der Waals surface area contributed by atoms with E-state index in [0.29, 0.717) is 0 Å². The monoisotopic (exact) mass is 295 g/mol. The molecule has 0 saturated heterocycles. The van der Waals surface area contributed by atoms with Gasteiger partial charge in [-0.15, -0.1) is 0 Å². The number of hydrogen-bond donors (Lipinski definition) is 1. The fraction of sp³-hybridized carbons (Fsp3) is 0.400. The molecule has 0 amide bonds. The lowest BCUT2D eigenvalue weighted by Crippen LogP contribution is -2.36. The molecular formula is C20H25NO. The summed E-state index contributed by atoms with van der Waals surface area (Å²) in [6.07, 6.45) is 5.92. The maximum absolute atomic E-state index is 6.55. The maximum atomic E-state index is 6.55. The number of rotatable bonds is 3. The van der Waals surface area contributed by atoms with E-state index in [2.05, 4.69) is 32.0 Å². The van der Waals surface area contributed by atoms with Crippen molar-refractivity contribution in [1.82, 2.24) is 0 Å². The summed E-state index contributed by atoms with van der Waals surface area (Å²) >= 11 is 0. The molecule has 0 aromatic heterocycles. The van der Waals surface area contributed by atoms with Gasteiger partial charge in [0, 0.05) is 5.69 Å². The zero-order chi connectivity index (χ0) is 15.6. The molecule has 1 fully saturated rings. The summed E-state index contributed by atoms with van der Waals surface area (Å²) in [6, 6.07) is 14.5. The first kappa shape index (κ1) is 15.0. The number of aryl methyl sites for hydroxylation is 2. The number of nitrogens with two attached hydrogens (primary N) is 1. The van der Waals surface area contributed by atoms with Crippen LogP contribution in [0.1, 0.15) is 48.8 Å². The van der Waals surface area contributed by atoms with Gasteiger partial charge in [-0.25, -0.2) is 0 Å². The molecule has 0 atom stereocenters. The number of nitrogen functional groups attached to an aromatic ring is 1. The molecule has 116 valence electrons. The summed E-state index contributed by atoms with van der Waals surface area (Å²) in [5, 5.41) is 0. The largest absolute Gasteiger partial charge is 0.483 e. The van der Waals surface area contributed by atoms with E-state index in [9.17, 15) is 0 Å². The molecule has 1 aliphatic carbocycles. The van der Waals surface area contributed by atoms with Gasteiger partial charge in [0.15, 0.2) is 0 Å². The molecule has 3 rings (SSSR count). The van der Waals surface area contributed by atoms with Crippen molar-refractivity contribution < 1.29 is 4.74 Å². The molecule has 2 nitrogen and oxygen atoms in total. The number of ether oxygens (including phenoxy) is 1. The molecule has 22 heavy (non-hydrogen) atoms. The van der Waals surface area contributed by atoms with Crippen LogP contribution < -0.4 is 10.5 Å². The Morgan fingerprint density at radius 3 is 2.23 bits per heavy atom. The lowest BCUT2D eigenvalue weighted by molar-refractivity contribution is 0.0258. The minimum Gasteiger partial charge on any atom is -0.483 e. The van der Waals surface area contributed by atoms with Crippen LogP contribution in [-0.4, -0.2) is 0 Å². The van der Waals surface area contributed by atoms with E-state index in [1.165, 1.54) is 36.0 Å². The van der Waals surface area contributed by atoms with Crippen LogP contribution in [0, 0.1) is 13.8 Å². The molecule has 2 aromatic carbocycles. The van der Waals surface area contributed by atoms with Crippen molar-refractivity contribution in [3.8, 4) is 5.75 Å². The Labute approximate surface area is 133 Å². The molecule has 2 N–H and O–H groups in total. The van der Waals surface area contributed by atoms with Crippen molar-refractivity contribution in [1.29, 1.82) is 0 Å². The van der Waals surface area contributed by atoms with Crippen molar-refractivity contribution in [3.05, 3.63) is 59.2 Å². The maximum Gasteiger partial charge on any atom is 0.134 e. The Balaban J connectivity index is 1.98. The van der Waals surface area contributed by atoms with Crippen LogP contribution in [0.15, 0.2) is 42.5 Å². The zero-order valence-electron chi connectivity index (χ0n) is 13.6. The Kier molecular flexibility index (Phi) is 4.10. The zero-order valence-corrected chi connectivity index (χ0v) is 13.6. The summed E-state index contributed by atoms with van der Waals surface area (Å²) in [5.41, 5.74) is 10.4. The van der Waals surface area contributed by atoms with E-state index in [1.807, 2.05) is 24.3 Å². The van der Waals surface area contributed by atoms with Crippen LogP contribution in [0.25, 0.3) is 0 Å². The molecule has 1 aliphatic rings. The van der Waals surface area contributed by atoms with Crippen molar-refractivity contribution in [2.75, 3.05) is 5.73 Å². The average Bonchev–Trinajstić information content (AvgIpc) is 2.50. The van der Waals surface area contributed by atoms with Crippen LogP contribution in [0.5, 0.6) is 5.75 Å². The van der Waals surface area contributed by atoms with Crippen LogP contribution in [0.2, 0.25) is 0 Å². The highest BCUT2D eigenvalue weighted by Gasteiger charge is 2.37. The SMILES string of the molecule is Cc1ccc(C2(Oc3ccc(N)cc3)CCCCC2)c(C)c1. The predicted octanol–water partition coefficient (Wildman–Crippen LogP) is 5.12. The van der Waals surface area contributed by atoms with Gasteiger partial charge in [-0.2, -0.15) is 0 Å². The molecule has 0 aliphatic heterocycles. The van der Waals surface area contributed by atoms with Gasteiger partial charge in [-0.3, -0.25) is 0 Å². The minimum atomic E-state index is -0.188. The lowest BCUT2D eigenvalue weighted by atomic mass is 9.77. The fourth-order valence-electron chi connectivity index (χ4n) is 3.64. The highest BCUT2D eigenvalue weighted by molar-refractivity contribution is 5.43. The standard InChI is InChI=1S/C20H25NO/c1-15-6-11-19(16(2)14-15)20(12-4-3-5-13-20)22-18-9-7-17(21)8-10-18/h6-11,14H,3-5,12-13,21H2,1-2H3. The molecule has 2 heteroatoms. The number of hydrogen-bond acceptors (Lipinski definition) is 2. The van der Waals surface area contributed by atoms with Gasteiger partial charge in [-0.05, 0) is 74.9 Å². The second kappa shape index (κ2) is 6.04. The first-order chi connectivity index (χ1) is 10.6. The highest BCUT2D eigenvalue weighted by Crippen LogP contribution is 2.42. The molecular weight excluding hydrogens is 270 g/mol. The smallest absolute Gasteiger partial charge is 0.134 e. The van der Waals surface area contributed by atoms with Crippen LogP contribution in [-0.2, 0) is 5.60 Å². The Bertz CT molecular complexity index is 639. The van der Waals surface area contributed by atoms with E-state index < -0.39 is 0 Å². The Morgan fingerprint density at radius 1 is 0.909 bits per heavy atom. The lowest BCUT2D eigenvalue weighted by Gasteiger charge is -2.39. The highest BCUT2D eigenvalue weighted by atomic mass is 16.5. The molecule has 0 radical (unpaired) electrons. The topological polar surface area (TPSA) is 35.2 Å². The summed E-state index contributed by atoms with van der Waals surface area (Å²) in [7, 11) is 0. The van der Waals surface area contributed by atoms with Gasteiger partial charge in [0.25, 0.3) is 0 Å². The van der Waals surface area contributed by atoms with Crippen LogP contribution in [0.3, 0.4) is 0 Å². The second-order valence-corrected chi connectivity index (χ2v) is 6.54. The third-order valence-corrected chi connectivity index (χ3v) is 4.73. The van der Waals surface area contributed by atoms with Crippen LogP contribution >= 0.6 is 0 Å². The second-order valence-electron chi connectivity index (χ2n) is 6.54. The molecule has 0 bridgehead atoms. The Morgan fingerprint density at radius 2 is 1.59 bits per heavy atom. The summed E-state index contributed by atoms with van der Waals surface area (Å²) in [6.45, 7) is 4.34.